The maximum atomic E-state index is 14.3. The summed E-state index contributed by atoms with van der Waals surface area (Å²) in [4.78, 5) is 4.11. The number of rotatable bonds is 7. The van der Waals surface area contributed by atoms with E-state index >= 15 is 0 Å². The molecule has 0 aliphatic carbocycles. The third kappa shape index (κ3) is 4.96. The molecule has 0 unspecified atom stereocenters. The van der Waals surface area contributed by atoms with Gasteiger partial charge in [-0.25, -0.2) is 9.37 Å². The van der Waals surface area contributed by atoms with Crippen LogP contribution in [0.1, 0.15) is 36.6 Å². The molecule has 3 heterocycles. The Bertz CT molecular complexity index is 1300. The average Bonchev–Trinajstić information content (AvgIpc) is 3.32. The van der Waals surface area contributed by atoms with Gasteiger partial charge in [0.25, 0.3) is 0 Å². The first kappa shape index (κ1) is 23.4. The molecule has 0 saturated carbocycles. The van der Waals surface area contributed by atoms with Crippen LogP contribution in [-0.4, -0.2) is 24.5 Å². The summed E-state index contributed by atoms with van der Waals surface area (Å²) in [6, 6.07) is 6.39. The van der Waals surface area contributed by atoms with E-state index in [2.05, 4.69) is 41.9 Å². The lowest BCUT2D eigenvalue weighted by molar-refractivity contribution is 0.227. The minimum atomic E-state index is -0.501. The SMILES string of the molecule is CCn1ncc(Cc2cn(C)nc2-c2ccc(F)cc2[C@@H](C)Oc2cc(Br)cnc2N)c1Br. The summed E-state index contributed by atoms with van der Waals surface area (Å²) in [5.41, 5.74) is 10.2. The molecule has 2 N–H and O–H groups in total. The van der Waals surface area contributed by atoms with E-state index in [0.29, 0.717) is 17.7 Å². The summed E-state index contributed by atoms with van der Waals surface area (Å²) in [5, 5.41) is 9.11. The van der Waals surface area contributed by atoms with Gasteiger partial charge in [-0.2, -0.15) is 10.2 Å². The quantitative estimate of drug-likeness (QED) is 0.306. The first-order valence-corrected chi connectivity index (χ1v) is 12.0. The molecule has 33 heavy (non-hydrogen) atoms. The molecule has 3 aromatic heterocycles. The maximum Gasteiger partial charge on any atom is 0.166 e. The van der Waals surface area contributed by atoms with Gasteiger partial charge in [-0.15, -0.1) is 0 Å². The molecule has 4 rings (SSSR count). The Labute approximate surface area is 208 Å². The number of ether oxygens (including phenoxy) is 1. The minimum Gasteiger partial charge on any atom is -0.482 e. The van der Waals surface area contributed by atoms with Gasteiger partial charge in [0.1, 0.15) is 16.5 Å². The van der Waals surface area contributed by atoms with E-state index in [9.17, 15) is 4.39 Å². The highest BCUT2D eigenvalue weighted by atomic mass is 79.9. The lowest BCUT2D eigenvalue weighted by Gasteiger charge is -2.19. The topological polar surface area (TPSA) is 83.8 Å². The predicted molar refractivity (Wildman–Crippen MR) is 132 cm³/mol. The summed E-state index contributed by atoms with van der Waals surface area (Å²) in [6.07, 6.45) is 5.54. The summed E-state index contributed by atoms with van der Waals surface area (Å²) in [6.45, 7) is 4.66. The van der Waals surface area contributed by atoms with Crippen molar-refractivity contribution in [3.8, 4) is 17.0 Å². The first-order chi connectivity index (χ1) is 15.8. The standard InChI is InChI=1S/C23H23Br2FN6O/c1-4-32-22(25)14(10-29-32)7-15-12-31(3)30-21(15)18-6-5-17(26)9-19(18)13(2)33-20-8-16(24)11-28-23(20)27/h5-6,8-13H,4,7H2,1-3H3,(H2,27,28)/t13-/m1/s1. The number of nitrogens with two attached hydrogens (primary N) is 1. The highest BCUT2D eigenvalue weighted by molar-refractivity contribution is 9.10. The number of hydrogen-bond acceptors (Lipinski definition) is 5. The number of pyridine rings is 1. The van der Waals surface area contributed by atoms with E-state index in [1.54, 1.807) is 23.0 Å². The third-order valence-electron chi connectivity index (χ3n) is 5.29. The van der Waals surface area contributed by atoms with Crippen molar-refractivity contribution in [3.05, 3.63) is 74.4 Å². The van der Waals surface area contributed by atoms with Gasteiger partial charge >= 0.3 is 0 Å². The van der Waals surface area contributed by atoms with E-state index in [0.717, 1.165) is 38.0 Å². The van der Waals surface area contributed by atoms with Crippen molar-refractivity contribution < 1.29 is 9.13 Å². The van der Waals surface area contributed by atoms with Crippen molar-refractivity contribution >= 4 is 37.7 Å². The zero-order valence-electron chi connectivity index (χ0n) is 18.4. The van der Waals surface area contributed by atoms with E-state index in [1.807, 2.05) is 38.0 Å². The molecule has 0 aliphatic rings. The molecule has 0 aliphatic heterocycles. The number of aromatic nitrogens is 5. The first-order valence-electron chi connectivity index (χ1n) is 10.4. The number of hydrogen-bond donors (Lipinski definition) is 1. The molecule has 0 radical (unpaired) electrons. The Morgan fingerprint density at radius 1 is 1.18 bits per heavy atom. The number of nitrogen functional groups attached to an aromatic ring is 1. The second kappa shape index (κ2) is 9.64. The van der Waals surface area contributed by atoms with Crippen LogP contribution in [0.2, 0.25) is 0 Å². The summed E-state index contributed by atoms with van der Waals surface area (Å²) in [5.74, 6) is 0.331. The van der Waals surface area contributed by atoms with Gasteiger partial charge in [0.2, 0.25) is 0 Å². The van der Waals surface area contributed by atoms with E-state index in [1.165, 1.54) is 12.1 Å². The predicted octanol–water partition coefficient (Wildman–Crippen LogP) is 5.68. The number of halogens is 3. The normalized spacial score (nSPS) is 12.2. The molecular formula is C23H23Br2FN6O. The van der Waals surface area contributed by atoms with E-state index in [-0.39, 0.29) is 11.6 Å². The Kier molecular flexibility index (Phi) is 6.85. The van der Waals surface area contributed by atoms with Gasteiger partial charge in [0.05, 0.1) is 11.9 Å². The van der Waals surface area contributed by atoms with Gasteiger partial charge in [0.15, 0.2) is 11.6 Å². The Balaban J connectivity index is 1.73. The fourth-order valence-electron chi connectivity index (χ4n) is 3.71. The molecule has 0 amide bonds. The average molecular weight is 578 g/mol. The number of aryl methyl sites for hydroxylation is 2. The molecule has 0 bridgehead atoms. The fraction of sp³-hybridized carbons (Fsp3) is 0.261. The molecule has 0 fully saturated rings. The van der Waals surface area contributed by atoms with Gasteiger partial charge in [-0.05, 0) is 70.0 Å². The molecule has 172 valence electrons. The summed E-state index contributed by atoms with van der Waals surface area (Å²) >= 11 is 7.02. The second-order valence-electron chi connectivity index (χ2n) is 7.66. The number of benzene rings is 1. The molecule has 10 heteroatoms. The molecule has 0 saturated heterocycles. The van der Waals surface area contributed by atoms with Crippen molar-refractivity contribution in [1.82, 2.24) is 24.5 Å². The van der Waals surface area contributed by atoms with Crippen LogP contribution in [-0.2, 0) is 20.0 Å². The van der Waals surface area contributed by atoms with Crippen LogP contribution in [0, 0.1) is 5.82 Å². The molecule has 1 aromatic carbocycles. The Morgan fingerprint density at radius 3 is 2.70 bits per heavy atom. The summed E-state index contributed by atoms with van der Waals surface area (Å²) < 4.78 is 25.7. The third-order valence-corrected chi connectivity index (χ3v) is 6.64. The zero-order valence-corrected chi connectivity index (χ0v) is 21.6. The van der Waals surface area contributed by atoms with Gasteiger partial charge in [0, 0.05) is 59.1 Å². The summed E-state index contributed by atoms with van der Waals surface area (Å²) in [7, 11) is 1.87. The van der Waals surface area contributed by atoms with Crippen molar-refractivity contribution in [2.75, 3.05) is 5.73 Å². The van der Waals surface area contributed by atoms with Crippen LogP contribution in [0.4, 0.5) is 10.2 Å². The van der Waals surface area contributed by atoms with Crippen molar-refractivity contribution in [3.63, 3.8) is 0 Å². The second-order valence-corrected chi connectivity index (χ2v) is 9.33. The number of nitrogens with zero attached hydrogens (tertiary/aromatic N) is 5. The minimum absolute atomic E-state index is 0.263. The van der Waals surface area contributed by atoms with Crippen molar-refractivity contribution in [2.24, 2.45) is 7.05 Å². The molecule has 0 spiro atoms. The van der Waals surface area contributed by atoms with Gasteiger partial charge in [-0.3, -0.25) is 9.36 Å². The highest BCUT2D eigenvalue weighted by Gasteiger charge is 2.21. The van der Waals surface area contributed by atoms with Crippen LogP contribution in [0.15, 0.2) is 51.9 Å². The Hall–Kier alpha value is -2.72. The van der Waals surface area contributed by atoms with Gasteiger partial charge < -0.3 is 10.5 Å². The molecule has 4 aromatic rings. The Morgan fingerprint density at radius 2 is 1.97 bits per heavy atom. The largest absolute Gasteiger partial charge is 0.482 e. The van der Waals surface area contributed by atoms with E-state index in [4.69, 9.17) is 15.6 Å². The monoisotopic (exact) mass is 576 g/mol. The van der Waals surface area contributed by atoms with Crippen molar-refractivity contribution in [1.29, 1.82) is 0 Å². The van der Waals surface area contributed by atoms with Crippen LogP contribution < -0.4 is 10.5 Å². The van der Waals surface area contributed by atoms with Crippen LogP contribution >= 0.6 is 31.9 Å². The van der Waals surface area contributed by atoms with Crippen molar-refractivity contribution in [2.45, 2.75) is 32.9 Å². The molecule has 1 atom stereocenters. The lowest BCUT2D eigenvalue weighted by atomic mass is 9.96. The zero-order chi connectivity index (χ0) is 23.7. The molecule has 7 nitrogen and oxygen atoms in total. The fourth-order valence-corrected chi connectivity index (χ4v) is 4.61. The van der Waals surface area contributed by atoms with E-state index < -0.39 is 6.10 Å². The van der Waals surface area contributed by atoms with Crippen LogP contribution in [0.5, 0.6) is 5.75 Å². The molecular weight excluding hydrogens is 555 g/mol. The van der Waals surface area contributed by atoms with Crippen LogP contribution in [0.3, 0.4) is 0 Å². The maximum absolute atomic E-state index is 14.3. The smallest absolute Gasteiger partial charge is 0.166 e. The lowest BCUT2D eigenvalue weighted by Crippen LogP contribution is -2.08. The number of anilines is 1. The highest BCUT2D eigenvalue weighted by Crippen LogP contribution is 2.35. The van der Waals surface area contributed by atoms with Crippen LogP contribution in [0.25, 0.3) is 11.3 Å². The van der Waals surface area contributed by atoms with Gasteiger partial charge in [-0.1, -0.05) is 0 Å².